The van der Waals surface area contributed by atoms with Gasteiger partial charge in [-0.3, -0.25) is 14.5 Å². The molecule has 0 saturated heterocycles. The molecule has 6 rings (SSSR count). The molecule has 2 aliphatic carbocycles. The van der Waals surface area contributed by atoms with Crippen LogP contribution in [0.3, 0.4) is 0 Å². The monoisotopic (exact) mass is 456 g/mol. The lowest BCUT2D eigenvalue weighted by Gasteiger charge is -2.36. The molecule has 6 heteroatoms. The molecule has 1 N–H and O–H groups in total. The highest BCUT2D eigenvalue weighted by molar-refractivity contribution is 6.06. The van der Waals surface area contributed by atoms with Crippen molar-refractivity contribution in [3.63, 3.8) is 0 Å². The van der Waals surface area contributed by atoms with E-state index < -0.39 is 6.04 Å². The van der Waals surface area contributed by atoms with Crippen LogP contribution in [0.1, 0.15) is 68.4 Å². The molecule has 2 aromatic heterocycles. The molecule has 3 heterocycles. The Hall–Kier alpha value is -3.54. The maximum Gasteiger partial charge on any atom is 0.231 e. The van der Waals surface area contributed by atoms with E-state index in [1.54, 1.807) is 12.5 Å². The molecule has 174 valence electrons. The maximum absolute atomic E-state index is 14.1. The Kier molecular flexibility index (Phi) is 5.36. The highest BCUT2D eigenvalue weighted by atomic mass is 16.3. The number of allylic oxidation sites excluding steroid dienone is 1. The van der Waals surface area contributed by atoms with E-state index >= 15 is 0 Å². The third-order valence-electron chi connectivity index (χ3n) is 7.44. The number of rotatable bonds is 3. The summed E-state index contributed by atoms with van der Waals surface area (Å²) in [6, 6.07) is 14.7. The van der Waals surface area contributed by atoms with Crippen LogP contribution in [0.2, 0.25) is 0 Å². The molecule has 1 aromatic carbocycles. The fourth-order valence-corrected chi connectivity index (χ4v) is 5.82. The van der Waals surface area contributed by atoms with Crippen molar-refractivity contribution in [2.45, 2.75) is 56.9 Å². The summed E-state index contributed by atoms with van der Waals surface area (Å²) in [6.07, 6.45) is 9.30. The second-order valence-electron chi connectivity index (χ2n) is 9.54. The number of anilines is 2. The number of amides is 1. The Bertz CT molecular complexity index is 1220. The maximum atomic E-state index is 14.1. The van der Waals surface area contributed by atoms with Crippen molar-refractivity contribution < 1.29 is 18.4 Å². The number of ketones is 1. The number of fused-ring (bicyclic) bond motifs is 1. The summed E-state index contributed by atoms with van der Waals surface area (Å²) in [6.45, 7) is 0. The second-order valence-corrected chi connectivity index (χ2v) is 9.54. The Morgan fingerprint density at radius 3 is 2.35 bits per heavy atom. The van der Waals surface area contributed by atoms with Crippen molar-refractivity contribution in [3.05, 3.63) is 83.8 Å². The number of para-hydroxylation sites is 2. The Labute approximate surface area is 198 Å². The van der Waals surface area contributed by atoms with Crippen LogP contribution in [0.4, 0.5) is 11.4 Å². The zero-order valence-corrected chi connectivity index (χ0v) is 19.0. The lowest BCUT2D eigenvalue weighted by Crippen LogP contribution is -2.42. The fraction of sp³-hybridized carbons (Fsp3) is 0.357. The van der Waals surface area contributed by atoms with E-state index in [1.165, 1.54) is 6.42 Å². The van der Waals surface area contributed by atoms with Gasteiger partial charge in [-0.15, -0.1) is 0 Å². The van der Waals surface area contributed by atoms with Gasteiger partial charge in [-0.2, -0.15) is 0 Å². The lowest BCUT2D eigenvalue weighted by molar-refractivity contribution is -0.123. The molecule has 34 heavy (non-hydrogen) atoms. The zero-order chi connectivity index (χ0) is 23.1. The smallest absolute Gasteiger partial charge is 0.231 e. The molecule has 3 aliphatic rings. The van der Waals surface area contributed by atoms with E-state index in [0.29, 0.717) is 24.2 Å². The van der Waals surface area contributed by atoms with Crippen LogP contribution in [-0.2, 0) is 9.59 Å². The van der Waals surface area contributed by atoms with Gasteiger partial charge < -0.3 is 14.2 Å². The first-order chi connectivity index (χ1) is 16.7. The normalized spacial score (nSPS) is 23.2. The van der Waals surface area contributed by atoms with Crippen LogP contribution in [0, 0.1) is 5.92 Å². The Morgan fingerprint density at radius 1 is 0.882 bits per heavy atom. The highest BCUT2D eigenvalue weighted by Crippen LogP contribution is 2.48. The standard InChI is InChI=1S/C28H28N2O4/c31-23-17-19(24-12-6-14-33-24)16-21-26(23)27(25-13-7-15-34-25)30(22-11-5-4-10-20(22)29-21)28(32)18-8-2-1-3-9-18/h4-7,10-15,18-19,27,29H,1-3,8-9,16-17H2/t19-,27+/m1/s1. The molecule has 1 aliphatic heterocycles. The van der Waals surface area contributed by atoms with Gasteiger partial charge in [0.05, 0.1) is 23.9 Å². The van der Waals surface area contributed by atoms with Crippen LogP contribution in [-0.4, -0.2) is 11.7 Å². The first-order valence-electron chi connectivity index (χ1n) is 12.2. The number of furan rings is 2. The van der Waals surface area contributed by atoms with E-state index in [1.807, 2.05) is 53.4 Å². The number of nitrogens with one attached hydrogen (secondary N) is 1. The minimum absolute atomic E-state index is 0.0193. The number of nitrogens with zero attached hydrogens (tertiary/aromatic N) is 1. The summed E-state index contributed by atoms with van der Waals surface area (Å²) in [7, 11) is 0. The minimum atomic E-state index is -0.597. The first-order valence-corrected chi connectivity index (χ1v) is 12.2. The Balaban J connectivity index is 1.51. The average molecular weight is 457 g/mol. The molecule has 0 bridgehead atoms. The van der Waals surface area contributed by atoms with Crippen LogP contribution in [0.15, 0.2) is 81.2 Å². The topological polar surface area (TPSA) is 75.7 Å². The highest BCUT2D eigenvalue weighted by Gasteiger charge is 2.44. The predicted molar refractivity (Wildman–Crippen MR) is 128 cm³/mol. The van der Waals surface area contributed by atoms with E-state index in [9.17, 15) is 9.59 Å². The van der Waals surface area contributed by atoms with E-state index in [2.05, 4.69) is 5.32 Å². The quantitative estimate of drug-likeness (QED) is 0.497. The molecule has 1 saturated carbocycles. The van der Waals surface area contributed by atoms with Gasteiger partial charge in [0, 0.05) is 29.5 Å². The van der Waals surface area contributed by atoms with Crippen LogP contribution < -0.4 is 10.2 Å². The molecular weight excluding hydrogens is 428 g/mol. The second kappa shape index (κ2) is 8.67. The number of carbonyl (C=O) groups is 2. The summed E-state index contributed by atoms with van der Waals surface area (Å²) in [5.74, 6) is 1.43. The van der Waals surface area contributed by atoms with Gasteiger partial charge in [0.15, 0.2) is 5.78 Å². The van der Waals surface area contributed by atoms with Gasteiger partial charge in [0.2, 0.25) is 5.91 Å². The van der Waals surface area contributed by atoms with Crippen molar-refractivity contribution in [3.8, 4) is 0 Å². The molecule has 1 amide bonds. The number of carbonyl (C=O) groups excluding carboxylic acids is 2. The number of hydrogen-bond acceptors (Lipinski definition) is 5. The molecular formula is C28H28N2O4. The van der Waals surface area contributed by atoms with Crippen molar-refractivity contribution in [2.24, 2.45) is 5.92 Å². The van der Waals surface area contributed by atoms with Gasteiger partial charge >= 0.3 is 0 Å². The molecule has 0 unspecified atom stereocenters. The van der Waals surface area contributed by atoms with E-state index in [0.717, 1.165) is 48.5 Å². The largest absolute Gasteiger partial charge is 0.469 e. The van der Waals surface area contributed by atoms with E-state index in [4.69, 9.17) is 8.83 Å². The average Bonchev–Trinajstić information content (AvgIpc) is 3.57. The summed E-state index contributed by atoms with van der Waals surface area (Å²) >= 11 is 0. The lowest BCUT2D eigenvalue weighted by atomic mass is 9.80. The third kappa shape index (κ3) is 3.58. The van der Waals surface area contributed by atoms with Gasteiger partial charge in [-0.05, 0) is 55.7 Å². The van der Waals surface area contributed by atoms with Crippen molar-refractivity contribution >= 4 is 23.1 Å². The van der Waals surface area contributed by atoms with Crippen molar-refractivity contribution in [1.82, 2.24) is 0 Å². The summed E-state index contributed by atoms with van der Waals surface area (Å²) in [4.78, 5) is 29.7. The van der Waals surface area contributed by atoms with Gasteiger partial charge in [0.1, 0.15) is 17.6 Å². The van der Waals surface area contributed by atoms with E-state index in [-0.39, 0.29) is 23.5 Å². The number of hydrogen-bond donors (Lipinski definition) is 1. The zero-order valence-electron chi connectivity index (χ0n) is 19.0. The van der Waals surface area contributed by atoms with Crippen molar-refractivity contribution in [2.75, 3.05) is 10.2 Å². The molecule has 0 radical (unpaired) electrons. The Morgan fingerprint density at radius 2 is 1.62 bits per heavy atom. The minimum Gasteiger partial charge on any atom is -0.469 e. The summed E-state index contributed by atoms with van der Waals surface area (Å²) in [5.41, 5.74) is 3.08. The number of benzene rings is 1. The fourth-order valence-electron chi connectivity index (χ4n) is 5.82. The van der Waals surface area contributed by atoms with Gasteiger partial charge in [-0.1, -0.05) is 31.4 Å². The third-order valence-corrected chi connectivity index (χ3v) is 7.44. The molecule has 6 nitrogen and oxygen atoms in total. The number of Topliss-reactive ketones (excluding diaryl/α,β-unsaturated/α-hetero) is 1. The molecule has 1 fully saturated rings. The summed E-state index contributed by atoms with van der Waals surface area (Å²) < 4.78 is 11.5. The van der Waals surface area contributed by atoms with Gasteiger partial charge in [-0.25, -0.2) is 0 Å². The van der Waals surface area contributed by atoms with Gasteiger partial charge in [0.25, 0.3) is 0 Å². The molecule has 0 spiro atoms. The SMILES string of the molecule is O=C1C[C@H](c2ccco2)CC2=C1[C@H](c1ccco1)N(C(=O)C1CCCCC1)c1ccccc1N2. The first kappa shape index (κ1) is 21.0. The molecule has 3 aromatic rings. The predicted octanol–water partition coefficient (Wildman–Crippen LogP) is 6.35. The van der Waals surface area contributed by atoms with Crippen LogP contribution >= 0.6 is 0 Å². The van der Waals surface area contributed by atoms with Crippen LogP contribution in [0.25, 0.3) is 0 Å². The summed E-state index contributed by atoms with van der Waals surface area (Å²) in [5, 5.41) is 3.55. The van der Waals surface area contributed by atoms with Crippen molar-refractivity contribution in [1.29, 1.82) is 0 Å². The molecule has 2 atom stereocenters. The van der Waals surface area contributed by atoms with Crippen LogP contribution in [0.5, 0.6) is 0 Å².